The zero-order valence-electron chi connectivity index (χ0n) is 20.8. The fourth-order valence-corrected chi connectivity index (χ4v) is 5.42. The van der Waals surface area contributed by atoms with Gasteiger partial charge < -0.3 is 10.1 Å². The molecule has 0 heterocycles. The number of carbonyl (C=O) groups excluding carboxylic acids is 1. The molecule has 0 bridgehead atoms. The lowest BCUT2D eigenvalue weighted by molar-refractivity contribution is 0.102. The van der Waals surface area contributed by atoms with E-state index in [0.717, 1.165) is 11.1 Å². The molecular weight excluding hydrogens is 567 g/mol. The van der Waals surface area contributed by atoms with Gasteiger partial charge in [0.15, 0.2) is 0 Å². The van der Waals surface area contributed by atoms with Crippen molar-refractivity contribution in [1.82, 2.24) is 0 Å². The largest absolute Gasteiger partial charge is 0.456 e. The number of para-hydroxylation sites is 2. The molecule has 0 saturated heterocycles. The molecule has 1 amide bonds. The lowest BCUT2D eigenvalue weighted by Gasteiger charge is -2.15. The lowest BCUT2D eigenvalue weighted by atomic mass is 10.0. The van der Waals surface area contributed by atoms with Gasteiger partial charge in [-0.3, -0.25) is 9.52 Å². The molecule has 2 N–H and O–H groups in total. The number of benzene rings is 5. The third-order valence-electron chi connectivity index (χ3n) is 5.93. The smallest absolute Gasteiger partial charge is 0.261 e. The Labute approximate surface area is 242 Å². The summed E-state index contributed by atoms with van der Waals surface area (Å²) in [5, 5.41) is 3.61. The van der Waals surface area contributed by atoms with Crippen molar-refractivity contribution in [2.75, 3.05) is 10.0 Å². The molecule has 0 aliphatic heterocycles. The molecule has 0 aliphatic carbocycles. The van der Waals surface area contributed by atoms with Gasteiger partial charge in [0.2, 0.25) is 0 Å². The Bertz CT molecular complexity index is 1780. The van der Waals surface area contributed by atoms with Gasteiger partial charge in [-0.2, -0.15) is 0 Å². The number of anilines is 2. The Morgan fingerprint density at radius 2 is 1.38 bits per heavy atom. The number of amides is 1. The standard InChI is InChI=1S/C31H22Cl2N2O4S/c32-22-14-19-29(26(20-22)31(36)34-28-12-6-4-10-25(28)21-8-2-1-3-9-21)35-40(37,38)24-17-15-23(16-18-24)39-30-13-7-5-11-27(30)33/h1-20,35H,(H,34,36). The number of carbonyl (C=O) groups is 1. The molecule has 0 spiro atoms. The van der Waals surface area contributed by atoms with Crippen molar-refractivity contribution in [3.8, 4) is 22.6 Å². The van der Waals surface area contributed by atoms with Crippen LogP contribution in [0.3, 0.4) is 0 Å². The number of halogens is 2. The molecule has 0 aliphatic rings. The van der Waals surface area contributed by atoms with Crippen molar-refractivity contribution in [1.29, 1.82) is 0 Å². The van der Waals surface area contributed by atoms with Crippen LogP contribution in [-0.2, 0) is 10.0 Å². The van der Waals surface area contributed by atoms with Crippen LogP contribution in [0.4, 0.5) is 11.4 Å². The highest BCUT2D eigenvalue weighted by molar-refractivity contribution is 7.92. The van der Waals surface area contributed by atoms with E-state index in [2.05, 4.69) is 10.0 Å². The highest BCUT2D eigenvalue weighted by Gasteiger charge is 2.20. The Hall–Kier alpha value is -4.30. The number of hydrogen-bond acceptors (Lipinski definition) is 4. The van der Waals surface area contributed by atoms with Gasteiger partial charge in [-0.15, -0.1) is 0 Å². The molecule has 0 radical (unpaired) electrons. The van der Waals surface area contributed by atoms with E-state index < -0.39 is 15.9 Å². The van der Waals surface area contributed by atoms with Gasteiger partial charge in [-0.05, 0) is 66.2 Å². The first kappa shape index (κ1) is 27.3. The number of hydrogen-bond donors (Lipinski definition) is 2. The average Bonchev–Trinajstić information content (AvgIpc) is 2.96. The number of nitrogens with one attached hydrogen (secondary N) is 2. The molecule has 5 rings (SSSR count). The van der Waals surface area contributed by atoms with Crippen molar-refractivity contribution in [3.63, 3.8) is 0 Å². The second-order valence-corrected chi connectivity index (χ2v) is 11.2. The third-order valence-corrected chi connectivity index (χ3v) is 7.86. The molecule has 5 aromatic rings. The van der Waals surface area contributed by atoms with Gasteiger partial charge >= 0.3 is 0 Å². The topological polar surface area (TPSA) is 84.5 Å². The normalized spacial score (nSPS) is 11.1. The summed E-state index contributed by atoms with van der Waals surface area (Å²) in [5.74, 6) is 0.339. The van der Waals surface area contributed by atoms with E-state index in [4.69, 9.17) is 27.9 Å². The van der Waals surface area contributed by atoms with E-state index in [9.17, 15) is 13.2 Å². The lowest BCUT2D eigenvalue weighted by Crippen LogP contribution is -2.19. The third kappa shape index (κ3) is 6.29. The highest BCUT2D eigenvalue weighted by atomic mass is 35.5. The molecule has 6 nitrogen and oxygen atoms in total. The van der Waals surface area contributed by atoms with Crippen molar-refractivity contribution < 1.29 is 17.9 Å². The van der Waals surface area contributed by atoms with Crippen LogP contribution in [0.5, 0.6) is 11.5 Å². The van der Waals surface area contributed by atoms with Gasteiger partial charge in [0, 0.05) is 16.3 Å². The van der Waals surface area contributed by atoms with E-state index >= 15 is 0 Å². The fourth-order valence-electron chi connectivity index (χ4n) is 3.99. The SMILES string of the molecule is O=C(Nc1ccccc1-c1ccccc1)c1cc(Cl)ccc1NS(=O)(=O)c1ccc(Oc2ccccc2Cl)cc1. The van der Waals surface area contributed by atoms with Gasteiger partial charge in [0.25, 0.3) is 15.9 Å². The van der Waals surface area contributed by atoms with Crippen LogP contribution in [0.25, 0.3) is 11.1 Å². The first-order chi connectivity index (χ1) is 19.3. The predicted octanol–water partition coefficient (Wildman–Crippen LogP) is 8.51. The van der Waals surface area contributed by atoms with Gasteiger partial charge in [-0.1, -0.05) is 83.9 Å². The summed E-state index contributed by atoms with van der Waals surface area (Å²) in [4.78, 5) is 13.4. The maximum absolute atomic E-state index is 13.4. The molecule has 0 aromatic heterocycles. The molecule has 40 heavy (non-hydrogen) atoms. The second-order valence-electron chi connectivity index (χ2n) is 8.67. The van der Waals surface area contributed by atoms with Gasteiger partial charge in [0.1, 0.15) is 11.5 Å². The Kier molecular flexibility index (Phi) is 8.07. The van der Waals surface area contributed by atoms with E-state index in [1.54, 1.807) is 30.3 Å². The summed E-state index contributed by atoms with van der Waals surface area (Å²) in [5.41, 5.74) is 2.46. The van der Waals surface area contributed by atoms with Crippen LogP contribution in [0, 0.1) is 0 Å². The summed E-state index contributed by atoms with van der Waals surface area (Å²) in [6, 6.07) is 34.2. The number of rotatable bonds is 8. The summed E-state index contributed by atoms with van der Waals surface area (Å²) in [6.07, 6.45) is 0. The Morgan fingerprint density at radius 1 is 0.700 bits per heavy atom. The first-order valence-corrected chi connectivity index (χ1v) is 14.3. The highest BCUT2D eigenvalue weighted by Crippen LogP contribution is 2.32. The van der Waals surface area contributed by atoms with E-state index in [-0.39, 0.29) is 21.2 Å². The molecule has 0 saturated carbocycles. The molecule has 200 valence electrons. The van der Waals surface area contributed by atoms with Crippen molar-refractivity contribution >= 4 is 50.5 Å². The maximum Gasteiger partial charge on any atom is 0.261 e. The molecule has 9 heteroatoms. The quantitative estimate of drug-likeness (QED) is 0.190. The predicted molar refractivity (Wildman–Crippen MR) is 160 cm³/mol. The Morgan fingerprint density at radius 3 is 2.12 bits per heavy atom. The minimum Gasteiger partial charge on any atom is -0.456 e. The Balaban J connectivity index is 1.38. The van der Waals surface area contributed by atoms with Crippen molar-refractivity contribution in [2.45, 2.75) is 4.90 Å². The van der Waals surface area contributed by atoms with Gasteiger partial charge in [0.05, 0.1) is 21.2 Å². The van der Waals surface area contributed by atoms with E-state index in [1.165, 1.54) is 42.5 Å². The van der Waals surface area contributed by atoms with E-state index in [1.807, 2.05) is 48.5 Å². The summed E-state index contributed by atoms with van der Waals surface area (Å²) >= 11 is 12.3. The number of ether oxygens (including phenoxy) is 1. The second kappa shape index (κ2) is 11.8. The summed E-state index contributed by atoms with van der Waals surface area (Å²) in [6.45, 7) is 0. The van der Waals surface area contributed by atoms with Crippen LogP contribution in [-0.4, -0.2) is 14.3 Å². The minimum absolute atomic E-state index is 0.0188. The zero-order valence-corrected chi connectivity index (χ0v) is 23.2. The molecule has 0 fully saturated rings. The van der Waals surface area contributed by atoms with Gasteiger partial charge in [-0.25, -0.2) is 8.42 Å². The summed E-state index contributed by atoms with van der Waals surface area (Å²) in [7, 11) is -4.06. The monoisotopic (exact) mass is 588 g/mol. The van der Waals surface area contributed by atoms with Crippen LogP contribution in [0.1, 0.15) is 10.4 Å². The summed E-state index contributed by atoms with van der Waals surface area (Å²) < 4.78 is 34.7. The van der Waals surface area contributed by atoms with E-state index in [0.29, 0.717) is 22.2 Å². The minimum atomic E-state index is -4.06. The van der Waals surface area contributed by atoms with Crippen molar-refractivity contribution in [3.05, 3.63) is 137 Å². The molecule has 5 aromatic carbocycles. The fraction of sp³-hybridized carbons (Fsp3) is 0. The molecule has 0 atom stereocenters. The van der Waals surface area contributed by atoms with Crippen LogP contribution in [0.2, 0.25) is 10.0 Å². The zero-order chi connectivity index (χ0) is 28.1. The van der Waals surface area contributed by atoms with Crippen LogP contribution < -0.4 is 14.8 Å². The average molecular weight is 590 g/mol. The van der Waals surface area contributed by atoms with Crippen LogP contribution >= 0.6 is 23.2 Å². The first-order valence-electron chi connectivity index (χ1n) is 12.1. The maximum atomic E-state index is 13.4. The molecular formula is C31H22Cl2N2O4S. The molecule has 0 unspecified atom stereocenters. The van der Waals surface area contributed by atoms with Crippen molar-refractivity contribution in [2.24, 2.45) is 0 Å². The number of sulfonamides is 1. The van der Waals surface area contributed by atoms with Crippen LogP contribution in [0.15, 0.2) is 126 Å².